The molecular weight excluding hydrogens is 354 g/mol. The normalized spacial score (nSPS) is 15.1. The van der Waals surface area contributed by atoms with Crippen LogP contribution in [0.5, 0.6) is 0 Å². The van der Waals surface area contributed by atoms with Crippen molar-refractivity contribution in [1.29, 1.82) is 0 Å². The molecule has 0 spiro atoms. The topological polar surface area (TPSA) is 234 Å². The van der Waals surface area contributed by atoms with Gasteiger partial charge >= 0.3 is 5.97 Å². The van der Waals surface area contributed by atoms with Crippen molar-refractivity contribution in [3.8, 4) is 0 Å². The van der Waals surface area contributed by atoms with Gasteiger partial charge in [0.15, 0.2) is 0 Å². The van der Waals surface area contributed by atoms with E-state index in [0.29, 0.717) is 0 Å². The molecule has 0 aliphatic rings. The van der Waals surface area contributed by atoms with E-state index in [-0.39, 0.29) is 0 Å². The van der Waals surface area contributed by atoms with Crippen molar-refractivity contribution in [3.05, 3.63) is 0 Å². The summed E-state index contributed by atoms with van der Waals surface area (Å²) in [5.41, 5.74) is 10.3. The molecule has 13 nitrogen and oxygen atoms in total. The first-order chi connectivity index (χ1) is 12.0. The molecule has 0 aromatic rings. The van der Waals surface area contributed by atoms with Gasteiger partial charge < -0.3 is 42.7 Å². The maximum Gasteiger partial charge on any atom is 0.328 e. The molecule has 10 N–H and O–H groups in total. The highest BCUT2D eigenvalue weighted by atomic mass is 16.4. The highest BCUT2D eigenvalue weighted by Gasteiger charge is 2.29. The SMILES string of the molecule is CC(O)C(NC(=O)CNC(=O)C(N)CC(N)=O)C(=O)NC(CO)C(=O)O. The van der Waals surface area contributed by atoms with Crippen LogP contribution in [-0.4, -0.2) is 82.3 Å². The van der Waals surface area contributed by atoms with Crippen LogP contribution < -0.4 is 27.4 Å². The standard InChI is InChI=1S/C13H23N5O8/c1-5(20)10(12(24)17-7(4-19)13(25)26)18-9(22)3-16-11(23)6(14)2-8(15)21/h5-7,10,19-20H,2-4,14H2,1H3,(H2,15,21)(H,16,23)(H,17,24)(H,18,22)(H,25,26). The summed E-state index contributed by atoms with van der Waals surface area (Å²) in [5.74, 6) is -5.08. The molecule has 148 valence electrons. The zero-order valence-corrected chi connectivity index (χ0v) is 14.0. The van der Waals surface area contributed by atoms with Crippen LogP contribution in [0.3, 0.4) is 0 Å². The summed E-state index contributed by atoms with van der Waals surface area (Å²) >= 11 is 0. The molecule has 4 amide bonds. The fourth-order valence-electron chi connectivity index (χ4n) is 1.68. The van der Waals surface area contributed by atoms with Gasteiger partial charge in [-0.15, -0.1) is 0 Å². The van der Waals surface area contributed by atoms with Gasteiger partial charge in [-0.1, -0.05) is 0 Å². The van der Waals surface area contributed by atoms with Crippen molar-refractivity contribution in [2.75, 3.05) is 13.2 Å². The molecule has 0 aliphatic heterocycles. The number of aliphatic carboxylic acids is 1. The first-order valence-corrected chi connectivity index (χ1v) is 7.42. The number of aliphatic hydroxyl groups excluding tert-OH is 2. The Morgan fingerprint density at radius 3 is 2.08 bits per heavy atom. The van der Waals surface area contributed by atoms with E-state index in [1.165, 1.54) is 6.92 Å². The predicted molar refractivity (Wildman–Crippen MR) is 85.1 cm³/mol. The van der Waals surface area contributed by atoms with Gasteiger partial charge in [-0.2, -0.15) is 0 Å². The van der Waals surface area contributed by atoms with Gasteiger partial charge in [0, 0.05) is 0 Å². The molecule has 26 heavy (non-hydrogen) atoms. The van der Waals surface area contributed by atoms with Crippen molar-refractivity contribution in [2.45, 2.75) is 37.6 Å². The predicted octanol–water partition coefficient (Wildman–Crippen LogP) is -5.27. The molecular formula is C13H23N5O8. The Balaban J connectivity index is 4.68. The van der Waals surface area contributed by atoms with Crippen molar-refractivity contribution >= 4 is 29.6 Å². The lowest BCUT2D eigenvalue weighted by atomic mass is 10.1. The van der Waals surface area contributed by atoms with E-state index in [4.69, 9.17) is 21.7 Å². The third kappa shape index (κ3) is 8.36. The van der Waals surface area contributed by atoms with Crippen LogP contribution >= 0.6 is 0 Å². The number of amides is 4. The molecule has 0 bridgehead atoms. The maximum atomic E-state index is 11.9. The molecule has 0 saturated heterocycles. The quantitative estimate of drug-likeness (QED) is 0.171. The van der Waals surface area contributed by atoms with Crippen molar-refractivity contribution in [1.82, 2.24) is 16.0 Å². The number of hydrogen-bond donors (Lipinski definition) is 8. The van der Waals surface area contributed by atoms with Crippen LogP contribution in [0.1, 0.15) is 13.3 Å². The Hall–Kier alpha value is -2.77. The summed E-state index contributed by atoms with van der Waals surface area (Å²) in [6, 6.07) is -4.41. The molecule has 0 radical (unpaired) electrons. The Kier molecular flexibility index (Phi) is 9.80. The first kappa shape index (κ1) is 23.2. The van der Waals surface area contributed by atoms with E-state index in [9.17, 15) is 29.1 Å². The minimum Gasteiger partial charge on any atom is -0.480 e. The highest BCUT2D eigenvalue weighted by molar-refractivity contribution is 5.93. The van der Waals surface area contributed by atoms with Crippen LogP contribution in [0.15, 0.2) is 0 Å². The van der Waals surface area contributed by atoms with Crippen LogP contribution in [0, 0.1) is 0 Å². The molecule has 13 heteroatoms. The summed E-state index contributed by atoms with van der Waals surface area (Å²) < 4.78 is 0. The van der Waals surface area contributed by atoms with Crippen molar-refractivity contribution < 1.29 is 39.3 Å². The van der Waals surface area contributed by atoms with Gasteiger partial charge in [0.2, 0.25) is 23.6 Å². The average Bonchev–Trinajstić information content (AvgIpc) is 2.53. The Morgan fingerprint density at radius 2 is 1.65 bits per heavy atom. The lowest BCUT2D eigenvalue weighted by Crippen LogP contribution is -2.58. The van der Waals surface area contributed by atoms with E-state index >= 15 is 0 Å². The number of primary amides is 1. The van der Waals surface area contributed by atoms with Gasteiger partial charge in [0.1, 0.15) is 12.1 Å². The Bertz CT molecular complexity index is 553. The lowest BCUT2D eigenvalue weighted by Gasteiger charge is -2.22. The largest absolute Gasteiger partial charge is 0.480 e. The molecule has 0 rings (SSSR count). The van der Waals surface area contributed by atoms with Gasteiger partial charge in [-0.25, -0.2) is 4.79 Å². The summed E-state index contributed by atoms with van der Waals surface area (Å²) in [7, 11) is 0. The van der Waals surface area contributed by atoms with E-state index in [2.05, 4.69) is 10.6 Å². The number of carbonyl (C=O) groups excluding carboxylic acids is 4. The minimum absolute atomic E-state index is 0.427. The summed E-state index contributed by atoms with van der Waals surface area (Å²) in [6.07, 6.45) is -1.83. The van der Waals surface area contributed by atoms with Crippen LogP contribution in [0.4, 0.5) is 0 Å². The first-order valence-electron chi connectivity index (χ1n) is 7.42. The third-order valence-corrected chi connectivity index (χ3v) is 3.06. The van der Waals surface area contributed by atoms with Crippen molar-refractivity contribution in [3.63, 3.8) is 0 Å². The monoisotopic (exact) mass is 377 g/mol. The molecule has 0 aromatic carbocycles. The molecule has 0 fully saturated rings. The maximum absolute atomic E-state index is 11.9. The van der Waals surface area contributed by atoms with E-state index in [1.807, 2.05) is 5.32 Å². The average molecular weight is 377 g/mol. The van der Waals surface area contributed by atoms with Gasteiger partial charge in [-0.3, -0.25) is 19.2 Å². The summed E-state index contributed by atoms with van der Waals surface area (Å²) in [5, 5.41) is 33.4. The molecule has 0 aliphatic carbocycles. The molecule has 4 unspecified atom stereocenters. The minimum atomic E-state index is -1.62. The molecule has 0 saturated carbocycles. The second kappa shape index (κ2) is 11.0. The van der Waals surface area contributed by atoms with Crippen molar-refractivity contribution in [2.24, 2.45) is 11.5 Å². The number of nitrogens with one attached hydrogen (secondary N) is 3. The second-order valence-electron chi connectivity index (χ2n) is 5.36. The second-order valence-corrected chi connectivity index (χ2v) is 5.36. The lowest BCUT2D eigenvalue weighted by molar-refractivity contribution is -0.144. The van der Waals surface area contributed by atoms with Gasteiger partial charge in [0.05, 0.1) is 31.7 Å². The number of carbonyl (C=O) groups is 5. The summed E-state index contributed by atoms with van der Waals surface area (Å²) in [4.78, 5) is 56.7. The number of aliphatic hydroxyl groups is 2. The Labute approximate surface area is 148 Å². The highest BCUT2D eigenvalue weighted by Crippen LogP contribution is 1.96. The zero-order chi connectivity index (χ0) is 20.4. The number of nitrogens with two attached hydrogens (primary N) is 2. The molecule has 0 aromatic heterocycles. The number of carboxylic acids is 1. The van der Waals surface area contributed by atoms with E-state index in [0.717, 1.165) is 0 Å². The van der Waals surface area contributed by atoms with E-state index in [1.54, 1.807) is 0 Å². The summed E-state index contributed by atoms with van der Waals surface area (Å²) in [6.45, 7) is -0.347. The number of carboxylic acid groups (broad SMARTS) is 1. The van der Waals surface area contributed by atoms with Crippen LogP contribution in [-0.2, 0) is 24.0 Å². The smallest absolute Gasteiger partial charge is 0.328 e. The number of rotatable bonds is 11. The fourth-order valence-corrected chi connectivity index (χ4v) is 1.68. The zero-order valence-electron chi connectivity index (χ0n) is 14.0. The molecule has 4 atom stereocenters. The van der Waals surface area contributed by atoms with Crippen LogP contribution in [0.2, 0.25) is 0 Å². The third-order valence-electron chi connectivity index (χ3n) is 3.06. The van der Waals surface area contributed by atoms with Crippen LogP contribution in [0.25, 0.3) is 0 Å². The Morgan fingerprint density at radius 1 is 1.08 bits per heavy atom. The van der Waals surface area contributed by atoms with Gasteiger partial charge in [0.25, 0.3) is 0 Å². The number of hydrogen-bond acceptors (Lipinski definition) is 8. The molecule has 0 heterocycles. The van der Waals surface area contributed by atoms with E-state index < -0.39 is 73.4 Å². The van der Waals surface area contributed by atoms with Gasteiger partial charge in [-0.05, 0) is 6.92 Å². The fraction of sp³-hybridized carbons (Fsp3) is 0.615.